The lowest BCUT2D eigenvalue weighted by Gasteiger charge is -2.16. The van der Waals surface area contributed by atoms with Gasteiger partial charge in [-0.3, -0.25) is 14.6 Å². The highest BCUT2D eigenvalue weighted by Gasteiger charge is 2.33. The highest BCUT2D eigenvalue weighted by Crippen LogP contribution is 2.19. The first-order chi connectivity index (χ1) is 12.2. The van der Waals surface area contributed by atoms with Gasteiger partial charge in [0.25, 0.3) is 0 Å². The molecule has 1 aliphatic heterocycles. The van der Waals surface area contributed by atoms with Gasteiger partial charge >= 0.3 is 0 Å². The minimum absolute atomic E-state index is 0.0456. The molecule has 1 fully saturated rings. The molecule has 1 atom stereocenters. The average molecular weight is 337 g/mol. The molecule has 2 amide bonds. The highest BCUT2D eigenvalue weighted by atomic mass is 16.2. The van der Waals surface area contributed by atoms with Gasteiger partial charge in [-0.15, -0.1) is 0 Å². The number of nitrogens with zero attached hydrogens (tertiary/aromatic N) is 2. The van der Waals surface area contributed by atoms with E-state index in [1.54, 1.807) is 12.4 Å². The Kier molecular flexibility index (Phi) is 5.77. The summed E-state index contributed by atoms with van der Waals surface area (Å²) in [7, 11) is 0. The van der Waals surface area contributed by atoms with Crippen LogP contribution in [-0.4, -0.2) is 34.8 Å². The molecule has 0 bridgehead atoms. The predicted octanol–water partition coefficient (Wildman–Crippen LogP) is 2.18. The number of carbonyl (C=O) groups is 2. The summed E-state index contributed by atoms with van der Waals surface area (Å²) in [5, 5.41) is 2.92. The van der Waals surface area contributed by atoms with Crippen LogP contribution in [-0.2, 0) is 22.6 Å². The fourth-order valence-electron chi connectivity index (χ4n) is 3.12. The van der Waals surface area contributed by atoms with Crippen molar-refractivity contribution in [2.24, 2.45) is 5.92 Å². The number of aryl methyl sites for hydroxylation is 1. The van der Waals surface area contributed by atoms with Gasteiger partial charge in [0.1, 0.15) is 0 Å². The standard InChI is InChI=1S/C20H23N3O2/c24-19-13-18(20(25)22-14-17-8-10-21-11-9-17)15-23(19)12-4-7-16-5-2-1-3-6-16/h1-3,5-6,8-11,18H,4,7,12-15H2,(H,22,25). The Morgan fingerprint density at radius 3 is 2.64 bits per heavy atom. The average Bonchev–Trinajstić information content (AvgIpc) is 3.02. The molecule has 5 nitrogen and oxygen atoms in total. The lowest BCUT2D eigenvalue weighted by atomic mass is 10.1. The third-order valence-electron chi connectivity index (χ3n) is 4.54. The number of carbonyl (C=O) groups excluding carboxylic acids is 2. The Bertz CT molecular complexity index is 703. The summed E-state index contributed by atoms with van der Waals surface area (Å²) in [6, 6.07) is 14.0. The second kappa shape index (κ2) is 8.42. The summed E-state index contributed by atoms with van der Waals surface area (Å²) in [4.78, 5) is 30.2. The zero-order chi connectivity index (χ0) is 17.5. The fraction of sp³-hybridized carbons (Fsp3) is 0.350. The number of likely N-dealkylation sites (tertiary alicyclic amines) is 1. The summed E-state index contributed by atoms with van der Waals surface area (Å²) < 4.78 is 0. The van der Waals surface area contributed by atoms with Crippen LogP contribution in [0, 0.1) is 5.92 Å². The number of benzene rings is 1. The lowest BCUT2D eigenvalue weighted by molar-refractivity contribution is -0.129. The van der Waals surface area contributed by atoms with Crippen molar-refractivity contribution in [3.8, 4) is 0 Å². The van der Waals surface area contributed by atoms with E-state index in [-0.39, 0.29) is 17.7 Å². The van der Waals surface area contributed by atoms with Gasteiger partial charge < -0.3 is 10.2 Å². The monoisotopic (exact) mass is 337 g/mol. The number of amides is 2. The van der Waals surface area contributed by atoms with Crippen LogP contribution in [0.1, 0.15) is 24.0 Å². The lowest BCUT2D eigenvalue weighted by Crippen LogP contribution is -2.33. The van der Waals surface area contributed by atoms with Crippen LogP contribution in [0.15, 0.2) is 54.9 Å². The highest BCUT2D eigenvalue weighted by molar-refractivity contribution is 5.89. The van der Waals surface area contributed by atoms with Crippen LogP contribution >= 0.6 is 0 Å². The number of nitrogens with one attached hydrogen (secondary N) is 1. The van der Waals surface area contributed by atoms with E-state index < -0.39 is 0 Å². The van der Waals surface area contributed by atoms with Crippen LogP contribution in [0.3, 0.4) is 0 Å². The third-order valence-corrected chi connectivity index (χ3v) is 4.54. The topological polar surface area (TPSA) is 62.3 Å². The van der Waals surface area contributed by atoms with Gasteiger partial charge in [-0.2, -0.15) is 0 Å². The first-order valence-corrected chi connectivity index (χ1v) is 8.70. The molecule has 2 heterocycles. The van der Waals surface area contributed by atoms with E-state index in [9.17, 15) is 9.59 Å². The Hall–Kier alpha value is -2.69. The van der Waals surface area contributed by atoms with E-state index in [0.717, 1.165) is 18.4 Å². The van der Waals surface area contributed by atoms with Crippen molar-refractivity contribution in [3.63, 3.8) is 0 Å². The summed E-state index contributed by atoms with van der Waals surface area (Å²) in [6.07, 6.45) is 5.59. The van der Waals surface area contributed by atoms with Gasteiger partial charge in [0.15, 0.2) is 0 Å². The van der Waals surface area contributed by atoms with Gasteiger partial charge in [-0.05, 0) is 36.1 Å². The molecule has 0 spiro atoms. The molecule has 1 unspecified atom stereocenters. The number of hydrogen-bond donors (Lipinski definition) is 1. The van der Waals surface area contributed by atoms with Crippen molar-refractivity contribution in [2.75, 3.05) is 13.1 Å². The van der Waals surface area contributed by atoms with Gasteiger partial charge in [0.2, 0.25) is 11.8 Å². The second-order valence-electron chi connectivity index (χ2n) is 6.40. The number of aromatic nitrogens is 1. The minimum atomic E-state index is -0.244. The summed E-state index contributed by atoms with van der Waals surface area (Å²) in [5.74, 6) is -0.209. The molecule has 0 saturated carbocycles. The summed E-state index contributed by atoms with van der Waals surface area (Å²) in [5.41, 5.74) is 2.29. The molecule has 130 valence electrons. The van der Waals surface area contributed by atoms with Gasteiger partial charge in [0, 0.05) is 38.4 Å². The number of pyridine rings is 1. The van der Waals surface area contributed by atoms with Crippen molar-refractivity contribution in [1.82, 2.24) is 15.2 Å². The quantitative estimate of drug-likeness (QED) is 0.842. The molecule has 1 aliphatic rings. The van der Waals surface area contributed by atoms with E-state index >= 15 is 0 Å². The zero-order valence-electron chi connectivity index (χ0n) is 14.2. The summed E-state index contributed by atoms with van der Waals surface area (Å²) >= 11 is 0. The fourth-order valence-corrected chi connectivity index (χ4v) is 3.12. The van der Waals surface area contributed by atoms with Crippen molar-refractivity contribution in [1.29, 1.82) is 0 Å². The SMILES string of the molecule is O=C(NCc1ccncc1)C1CC(=O)N(CCCc2ccccc2)C1. The largest absolute Gasteiger partial charge is 0.352 e. The molecule has 25 heavy (non-hydrogen) atoms. The van der Waals surface area contributed by atoms with E-state index in [1.165, 1.54) is 5.56 Å². The number of rotatable bonds is 7. The van der Waals surface area contributed by atoms with Crippen LogP contribution in [0.2, 0.25) is 0 Å². The Labute approximate surface area is 148 Å². The Morgan fingerprint density at radius 1 is 1.12 bits per heavy atom. The van der Waals surface area contributed by atoms with Gasteiger partial charge in [-0.1, -0.05) is 30.3 Å². The molecule has 2 aromatic rings. The van der Waals surface area contributed by atoms with E-state index in [1.807, 2.05) is 35.2 Å². The maximum atomic E-state index is 12.3. The third kappa shape index (κ3) is 4.89. The van der Waals surface area contributed by atoms with Gasteiger partial charge in [-0.25, -0.2) is 0 Å². The Morgan fingerprint density at radius 2 is 1.88 bits per heavy atom. The van der Waals surface area contributed by atoms with E-state index in [0.29, 0.717) is 26.1 Å². The molecule has 1 aromatic carbocycles. The predicted molar refractivity (Wildman–Crippen MR) is 95.5 cm³/mol. The maximum Gasteiger partial charge on any atom is 0.225 e. The second-order valence-corrected chi connectivity index (χ2v) is 6.40. The van der Waals surface area contributed by atoms with Crippen molar-refractivity contribution < 1.29 is 9.59 Å². The van der Waals surface area contributed by atoms with Crippen LogP contribution in [0.25, 0.3) is 0 Å². The van der Waals surface area contributed by atoms with E-state index in [4.69, 9.17) is 0 Å². The van der Waals surface area contributed by atoms with Crippen molar-refractivity contribution in [2.45, 2.75) is 25.8 Å². The molecule has 5 heteroatoms. The first-order valence-electron chi connectivity index (χ1n) is 8.70. The van der Waals surface area contributed by atoms with Crippen LogP contribution in [0.5, 0.6) is 0 Å². The molecular weight excluding hydrogens is 314 g/mol. The van der Waals surface area contributed by atoms with Crippen LogP contribution < -0.4 is 5.32 Å². The molecule has 1 aromatic heterocycles. The first kappa shape index (κ1) is 17.1. The van der Waals surface area contributed by atoms with Crippen molar-refractivity contribution in [3.05, 3.63) is 66.0 Å². The smallest absolute Gasteiger partial charge is 0.225 e. The molecule has 1 N–H and O–H groups in total. The maximum absolute atomic E-state index is 12.3. The Balaban J connectivity index is 1.42. The van der Waals surface area contributed by atoms with Gasteiger partial charge in [0.05, 0.1) is 5.92 Å². The summed E-state index contributed by atoms with van der Waals surface area (Å²) in [6.45, 7) is 1.71. The van der Waals surface area contributed by atoms with Crippen molar-refractivity contribution >= 4 is 11.8 Å². The zero-order valence-corrected chi connectivity index (χ0v) is 14.2. The minimum Gasteiger partial charge on any atom is -0.352 e. The van der Waals surface area contributed by atoms with Crippen LogP contribution in [0.4, 0.5) is 0 Å². The number of hydrogen-bond acceptors (Lipinski definition) is 3. The van der Waals surface area contributed by atoms with E-state index in [2.05, 4.69) is 22.4 Å². The molecular formula is C20H23N3O2. The molecule has 3 rings (SSSR count). The molecule has 0 radical (unpaired) electrons. The normalized spacial score (nSPS) is 16.9. The molecule has 1 saturated heterocycles. The molecule has 0 aliphatic carbocycles.